The third-order valence-corrected chi connectivity index (χ3v) is 2.97. The molecule has 0 saturated heterocycles. The molecule has 3 nitrogen and oxygen atoms in total. The third kappa shape index (κ3) is 2.05. The van der Waals surface area contributed by atoms with Crippen LogP contribution in [0.4, 0.5) is 11.7 Å². The van der Waals surface area contributed by atoms with E-state index in [0.717, 1.165) is 22.4 Å². The predicted molar refractivity (Wildman–Crippen MR) is 73.5 cm³/mol. The second kappa shape index (κ2) is 4.35. The summed E-state index contributed by atoms with van der Waals surface area (Å²) in [6, 6.07) is 13.8. The lowest BCUT2D eigenvalue weighted by Crippen LogP contribution is -1.92. The van der Waals surface area contributed by atoms with Gasteiger partial charge in [0, 0.05) is 10.7 Å². The number of hydrogen-bond acceptors (Lipinski definition) is 3. The highest BCUT2D eigenvalue weighted by Crippen LogP contribution is 2.26. The van der Waals surface area contributed by atoms with Crippen molar-refractivity contribution in [1.29, 1.82) is 0 Å². The summed E-state index contributed by atoms with van der Waals surface area (Å²) in [4.78, 5) is 4.36. The van der Waals surface area contributed by atoms with Gasteiger partial charge in [-0.1, -0.05) is 29.8 Å². The van der Waals surface area contributed by atoms with E-state index in [-0.39, 0.29) is 0 Å². The van der Waals surface area contributed by atoms with Crippen molar-refractivity contribution in [2.45, 2.75) is 6.92 Å². The van der Waals surface area contributed by atoms with E-state index < -0.39 is 0 Å². The largest absolute Gasteiger partial charge is 0.423 e. The number of para-hydroxylation sites is 2. The second-order valence-corrected chi connectivity index (χ2v) is 4.51. The Kier molecular flexibility index (Phi) is 2.68. The van der Waals surface area contributed by atoms with E-state index in [4.69, 9.17) is 16.0 Å². The molecule has 18 heavy (non-hydrogen) atoms. The van der Waals surface area contributed by atoms with Crippen LogP contribution < -0.4 is 5.32 Å². The summed E-state index contributed by atoms with van der Waals surface area (Å²) in [6.45, 7) is 2.00. The topological polar surface area (TPSA) is 38.1 Å². The van der Waals surface area contributed by atoms with Gasteiger partial charge in [-0.25, -0.2) is 0 Å². The lowest BCUT2D eigenvalue weighted by Gasteiger charge is -2.05. The average Bonchev–Trinajstić information content (AvgIpc) is 2.76. The van der Waals surface area contributed by atoms with Crippen molar-refractivity contribution in [1.82, 2.24) is 4.98 Å². The van der Waals surface area contributed by atoms with Gasteiger partial charge in [0.1, 0.15) is 5.52 Å². The molecule has 0 aliphatic carbocycles. The molecule has 90 valence electrons. The van der Waals surface area contributed by atoms with Gasteiger partial charge in [-0.2, -0.15) is 4.98 Å². The first-order valence-corrected chi connectivity index (χ1v) is 5.99. The summed E-state index contributed by atoms with van der Waals surface area (Å²) in [5.41, 5.74) is 3.58. The first kappa shape index (κ1) is 11.1. The number of halogens is 1. The lowest BCUT2D eigenvalue weighted by molar-refractivity contribution is 0.623. The Morgan fingerprint density at radius 1 is 1.17 bits per heavy atom. The van der Waals surface area contributed by atoms with Crippen molar-refractivity contribution in [2.24, 2.45) is 0 Å². The summed E-state index contributed by atoms with van der Waals surface area (Å²) in [7, 11) is 0. The summed E-state index contributed by atoms with van der Waals surface area (Å²) >= 11 is 5.97. The second-order valence-electron chi connectivity index (χ2n) is 4.07. The summed E-state index contributed by atoms with van der Waals surface area (Å²) in [5, 5.41) is 3.82. The van der Waals surface area contributed by atoms with Crippen LogP contribution in [0.1, 0.15) is 5.56 Å². The predicted octanol–water partition coefficient (Wildman–Crippen LogP) is 4.53. The molecule has 0 aliphatic rings. The summed E-state index contributed by atoms with van der Waals surface area (Å²) in [6.07, 6.45) is 0. The number of nitrogens with zero attached hydrogens (tertiary/aromatic N) is 1. The van der Waals surface area contributed by atoms with Gasteiger partial charge in [0.15, 0.2) is 5.58 Å². The van der Waals surface area contributed by atoms with E-state index >= 15 is 0 Å². The SMILES string of the molecule is Cc1ccc(Cl)cc1Nc1nc2ccccc2o1. The van der Waals surface area contributed by atoms with Crippen LogP contribution in [-0.2, 0) is 0 Å². The molecule has 0 radical (unpaired) electrons. The molecule has 1 N–H and O–H groups in total. The Morgan fingerprint density at radius 2 is 2.00 bits per heavy atom. The van der Waals surface area contributed by atoms with E-state index in [1.807, 2.05) is 49.4 Å². The van der Waals surface area contributed by atoms with E-state index in [0.29, 0.717) is 11.0 Å². The molecule has 1 aromatic heterocycles. The monoisotopic (exact) mass is 258 g/mol. The molecular formula is C14H11ClN2O. The van der Waals surface area contributed by atoms with E-state index in [1.54, 1.807) is 0 Å². The quantitative estimate of drug-likeness (QED) is 0.734. The van der Waals surface area contributed by atoms with Crippen molar-refractivity contribution in [3.8, 4) is 0 Å². The van der Waals surface area contributed by atoms with Gasteiger partial charge in [-0.05, 0) is 36.8 Å². The van der Waals surface area contributed by atoms with Crippen LogP contribution in [0, 0.1) is 6.92 Å². The highest BCUT2D eigenvalue weighted by molar-refractivity contribution is 6.30. The molecule has 4 heteroatoms. The minimum atomic E-state index is 0.474. The van der Waals surface area contributed by atoms with Crippen LogP contribution in [0.2, 0.25) is 5.02 Å². The Labute approximate surface area is 109 Å². The number of benzene rings is 2. The molecule has 0 aliphatic heterocycles. The molecule has 0 saturated carbocycles. The number of anilines is 2. The number of aromatic nitrogens is 1. The van der Waals surface area contributed by atoms with Gasteiger partial charge >= 0.3 is 0 Å². The number of hydrogen-bond donors (Lipinski definition) is 1. The van der Waals surface area contributed by atoms with E-state index in [2.05, 4.69) is 10.3 Å². The Morgan fingerprint density at radius 3 is 2.83 bits per heavy atom. The molecule has 0 atom stereocenters. The fourth-order valence-electron chi connectivity index (χ4n) is 1.77. The van der Waals surface area contributed by atoms with Crippen LogP contribution in [-0.4, -0.2) is 4.98 Å². The van der Waals surface area contributed by atoms with Gasteiger partial charge in [0.2, 0.25) is 0 Å². The van der Waals surface area contributed by atoms with Gasteiger partial charge in [-0.3, -0.25) is 0 Å². The molecule has 0 amide bonds. The van der Waals surface area contributed by atoms with Crippen LogP contribution in [0.5, 0.6) is 0 Å². The van der Waals surface area contributed by atoms with Gasteiger partial charge < -0.3 is 9.73 Å². The number of fused-ring (bicyclic) bond motifs is 1. The number of oxazole rings is 1. The fraction of sp³-hybridized carbons (Fsp3) is 0.0714. The number of nitrogens with one attached hydrogen (secondary N) is 1. The van der Waals surface area contributed by atoms with E-state index in [9.17, 15) is 0 Å². The van der Waals surface area contributed by atoms with Crippen molar-refractivity contribution in [2.75, 3.05) is 5.32 Å². The van der Waals surface area contributed by atoms with Crippen molar-refractivity contribution in [3.63, 3.8) is 0 Å². The first-order chi connectivity index (χ1) is 8.72. The number of rotatable bonds is 2. The molecule has 1 heterocycles. The Bertz CT molecular complexity index is 673. The Hall–Kier alpha value is -2.00. The zero-order chi connectivity index (χ0) is 12.5. The lowest BCUT2D eigenvalue weighted by atomic mass is 10.2. The standard InChI is InChI=1S/C14H11ClN2O/c1-9-6-7-10(15)8-12(9)17-14-16-11-4-2-3-5-13(11)18-14/h2-8H,1H3,(H,16,17). The molecule has 2 aromatic carbocycles. The molecule has 3 aromatic rings. The molecule has 0 bridgehead atoms. The van der Waals surface area contributed by atoms with Crippen LogP contribution in [0.25, 0.3) is 11.1 Å². The maximum absolute atomic E-state index is 5.97. The molecule has 0 fully saturated rings. The maximum Gasteiger partial charge on any atom is 0.300 e. The average molecular weight is 259 g/mol. The van der Waals surface area contributed by atoms with Crippen LogP contribution in [0.3, 0.4) is 0 Å². The highest BCUT2D eigenvalue weighted by atomic mass is 35.5. The molecular weight excluding hydrogens is 248 g/mol. The third-order valence-electron chi connectivity index (χ3n) is 2.74. The number of aryl methyl sites for hydroxylation is 1. The Balaban J connectivity index is 1.98. The first-order valence-electron chi connectivity index (χ1n) is 5.61. The smallest absolute Gasteiger partial charge is 0.300 e. The molecule has 0 unspecified atom stereocenters. The fourth-order valence-corrected chi connectivity index (χ4v) is 1.94. The van der Waals surface area contributed by atoms with Crippen molar-refractivity contribution >= 4 is 34.4 Å². The zero-order valence-corrected chi connectivity index (χ0v) is 10.5. The highest BCUT2D eigenvalue weighted by Gasteiger charge is 2.06. The normalized spacial score (nSPS) is 10.8. The summed E-state index contributed by atoms with van der Waals surface area (Å²) < 4.78 is 5.60. The molecule has 3 rings (SSSR count). The zero-order valence-electron chi connectivity index (χ0n) is 9.77. The molecule has 0 spiro atoms. The van der Waals surface area contributed by atoms with Crippen molar-refractivity contribution < 1.29 is 4.42 Å². The summed E-state index contributed by atoms with van der Waals surface area (Å²) in [5.74, 6) is 0. The van der Waals surface area contributed by atoms with Gasteiger partial charge in [0.05, 0.1) is 0 Å². The minimum absolute atomic E-state index is 0.474. The van der Waals surface area contributed by atoms with Crippen molar-refractivity contribution in [3.05, 3.63) is 53.1 Å². The van der Waals surface area contributed by atoms with Crippen LogP contribution in [0.15, 0.2) is 46.9 Å². The van der Waals surface area contributed by atoms with Gasteiger partial charge in [0.25, 0.3) is 6.01 Å². The maximum atomic E-state index is 5.97. The van der Waals surface area contributed by atoms with E-state index in [1.165, 1.54) is 0 Å². The minimum Gasteiger partial charge on any atom is -0.423 e. The van der Waals surface area contributed by atoms with Crippen LogP contribution >= 0.6 is 11.6 Å². The van der Waals surface area contributed by atoms with Gasteiger partial charge in [-0.15, -0.1) is 0 Å².